The summed E-state index contributed by atoms with van der Waals surface area (Å²) in [6, 6.07) is 10.3. The molecule has 0 fully saturated rings. The Morgan fingerprint density at radius 3 is 1.92 bits per heavy atom. The minimum Gasteiger partial charge on any atom is -0.396 e. The molecule has 1 aromatic rings. The van der Waals surface area contributed by atoms with Crippen LogP contribution in [0.2, 0.25) is 0 Å². The lowest BCUT2D eigenvalue weighted by atomic mass is 10.2. The summed E-state index contributed by atoms with van der Waals surface area (Å²) < 4.78 is 0. The molecule has 0 aliphatic rings. The molecule has 0 aliphatic heterocycles. The van der Waals surface area contributed by atoms with Gasteiger partial charge in [-0.1, -0.05) is 55.7 Å². The van der Waals surface area contributed by atoms with E-state index in [0.717, 1.165) is 12.8 Å². The van der Waals surface area contributed by atoms with Crippen LogP contribution in [0.1, 0.15) is 31.7 Å². The molecule has 1 aromatic carbocycles. The summed E-state index contributed by atoms with van der Waals surface area (Å²) in [7, 11) is 0. The molecule has 0 atom stereocenters. The number of unbranched alkanes of at least 4 members (excludes halogenated alkanes) is 2. The van der Waals surface area contributed by atoms with Gasteiger partial charge in [0.15, 0.2) is 0 Å². The molecule has 0 bridgehead atoms. The highest BCUT2D eigenvalue weighted by molar-refractivity contribution is 5.11. The second-order valence-corrected chi connectivity index (χ2v) is 3.09. The molecule has 1 nitrogen and oxygen atoms in total. The van der Waals surface area contributed by atoms with Gasteiger partial charge in [-0.15, -0.1) is 0 Å². The summed E-state index contributed by atoms with van der Waals surface area (Å²) in [4.78, 5) is 0. The number of aliphatic hydroxyl groups is 1. The Morgan fingerprint density at radius 2 is 1.69 bits per heavy atom. The largest absolute Gasteiger partial charge is 0.396 e. The quantitative estimate of drug-likeness (QED) is 0.708. The van der Waals surface area contributed by atoms with E-state index in [0.29, 0.717) is 6.61 Å². The van der Waals surface area contributed by atoms with E-state index in [1.54, 1.807) is 0 Å². The van der Waals surface area contributed by atoms with Gasteiger partial charge in [0.25, 0.3) is 0 Å². The summed E-state index contributed by atoms with van der Waals surface area (Å²) in [5.41, 5.74) is 1.32. The first-order valence-electron chi connectivity index (χ1n) is 4.93. The van der Waals surface area contributed by atoms with E-state index in [1.807, 2.05) is 18.2 Å². The monoisotopic (exact) mass is 180 g/mol. The normalized spacial score (nSPS) is 8.85. The summed E-state index contributed by atoms with van der Waals surface area (Å²) in [6.45, 7) is 4.56. The fourth-order valence-electron chi connectivity index (χ4n) is 0.896. The van der Waals surface area contributed by atoms with Crippen molar-refractivity contribution in [2.75, 3.05) is 6.61 Å². The molecule has 0 saturated carbocycles. The smallest absolute Gasteiger partial charge is 0.0431 e. The molecule has 0 radical (unpaired) electrons. The Hall–Kier alpha value is -0.820. The molecule has 1 N–H and O–H groups in total. The maximum absolute atomic E-state index is 8.20. The number of rotatable bonds is 3. The first-order valence-corrected chi connectivity index (χ1v) is 4.93. The second-order valence-electron chi connectivity index (χ2n) is 3.09. The van der Waals surface area contributed by atoms with Crippen molar-refractivity contribution in [1.29, 1.82) is 0 Å². The van der Waals surface area contributed by atoms with Crippen LogP contribution in [-0.2, 0) is 0 Å². The number of hydrogen-bond donors (Lipinski definition) is 1. The number of aryl methyl sites for hydroxylation is 1. The van der Waals surface area contributed by atoms with Crippen LogP contribution >= 0.6 is 0 Å². The molecular formula is C12H20O. The van der Waals surface area contributed by atoms with E-state index in [4.69, 9.17) is 5.11 Å². The predicted molar refractivity (Wildman–Crippen MR) is 57.8 cm³/mol. The van der Waals surface area contributed by atoms with Crippen LogP contribution in [0.25, 0.3) is 0 Å². The van der Waals surface area contributed by atoms with Crippen molar-refractivity contribution in [2.24, 2.45) is 0 Å². The van der Waals surface area contributed by atoms with Crippen molar-refractivity contribution in [3.8, 4) is 0 Å². The highest BCUT2D eigenvalue weighted by Crippen LogP contribution is 1.92. The minimum absolute atomic E-state index is 0.355. The molecule has 0 spiro atoms. The number of hydrogen-bond acceptors (Lipinski definition) is 1. The van der Waals surface area contributed by atoms with Gasteiger partial charge in [0.05, 0.1) is 0 Å². The van der Waals surface area contributed by atoms with Crippen LogP contribution in [0.4, 0.5) is 0 Å². The molecule has 0 heterocycles. The van der Waals surface area contributed by atoms with Gasteiger partial charge in [0, 0.05) is 6.61 Å². The number of aliphatic hydroxyl groups excluding tert-OH is 1. The van der Waals surface area contributed by atoms with Gasteiger partial charge in [-0.25, -0.2) is 0 Å². The van der Waals surface area contributed by atoms with Crippen molar-refractivity contribution in [1.82, 2.24) is 0 Å². The van der Waals surface area contributed by atoms with Crippen molar-refractivity contribution in [3.63, 3.8) is 0 Å². The maximum Gasteiger partial charge on any atom is 0.0431 e. The van der Waals surface area contributed by atoms with Gasteiger partial charge >= 0.3 is 0 Å². The van der Waals surface area contributed by atoms with Crippen LogP contribution in [-0.4, -0.2) is 11.7 Å². The van der Waals surface area contributed by atoms with E-state index in [2.05, 4.69) is 26.0 Å². The first kappa shape index (κ1) is 12.2. The highest BCUT2D eigenvalue weighted by Gasteiger charge is 1.76. The van der Waals surface area contributed by atoms with Crippen LogP contribution in [0.5, 0.6) is 0 Å². The van der Waals surface area contributed by atoms with Crippen LogP contribution in [0.15, 0.2) is 30.3 Å². The van der Waals surface area contributed by atoms with E-state index >= 15 is 0 Å². The van der Waals surface area contributed by atoms with E-state index in [-0.39, 0.29) is 0 Å². The zero-order chi connectivity index (χ0) is 9.94. The molecule has 1 rings (SSSR count). The Morgan fingerprint density at radius 1 is 1.08 bits per heavy atom. The van der Waals surface area contributed by atoms with Crippen LogP contribution in [0, 0.1) is 6.92 Å². The fraction of sp³-hybridized carbons (Fsp3) is 0.500. The predicted octanol–water partition coefficient (Wildman–Crippen LogP) is 3.16. The lowest BCUT2D eigenvalue weighted by Crippen LogP contribution is -1.78. The number of benzene rings is 1. The Balaban J connectivity index is 0.000000226. The van der Waals surface area contributed by atoms with Crippen molar-refractivity contribution in [2.45, 2.75) is 33.1 Å². The van der Waals surface area contributed by atoms with E-state index < -0.39 is 0 Å². The molecule has 74 valence electrons. The third kappa shape index (κ3) is 9.09. The summed E-state index contributed by atoms with van der Waals surface area (Å²) in [6.07, 6.45) is 3.33. The average Bonchev–Trinajstić information content (AvgIpc) is 2.17. The third-order valence-electron chi connectivity index (χ3n) is 1.70. The van der Waals surface area contributed by atoms with E-state index in [9.17, 15) is 0 Å². The summed E-state index contributed by atoms with van der Waals surface area (Å²) in [5.74, 6) is 0. The Kier molecular flexibility index (Phi) is 8.68. The molecule has 1 heteroatoms. The lowest BCUT2D eigenvalue weighted by Gasteiger charge is -1.85. The molecule has 0 unspecified atom stereocenters. The van der Waals surface area contributed by atoms with Gasteiger partial charge < -0.3 is 5.11 Å². The summed E-state index contributed by atoms with van der Waals surface area (Å²) >= 11 is 0. The zero-order valence-electron chi connectivity index (χ0n) is 8.66. The minimum atomic E-state index is 0.355. The van der Waals surface area contributed by atoms with Crippen LogP contribution < -0.4 is 0 Å². The standard InChI is InChI=1S/C7H8.C5H12O/c1-7-5-3-2-4-6-7;1-2-3-4-5-6/h2-6H,1H3;6H,2-5H2,1H3. The van der Waals surface area contributed by atoms with Crippen molar-refractivity contribution < 1.29 is 5.11 Å². The van der Waals surface area contributed by atoms with Crippen molar-refractivity contribution in [3.05, 3.63) is 35.9 Å². The van der Waals surface area contributed by atoms with Crippen molar-refractivity contribution >= 4 is 0 Å². The Labute approximate surface area is 81.4 Å². The molecule has 0 amide bonds. The van der Waals surface area contributed by atoms with Gasteiger partial charge in [0.2, 0.25) is 0 Å². The topological polar surface area (TPSA) is 20.2 Å². The van der Waals surface area contributed by atoms with Gasteiger partial charge in [-0.3, -0.25) is 0 Å². The van der Waals surface area contributed by atoms with Gasteiger partial charge in [0.1, 0.15) is 0 Å². The average molecular weight is 180 g/mol. The molecular weight excluding hydrogens is 160 g/mol. The molecule has 0 aromatic heterocycles. The first-order chi connectivity index (χ1) is 6.31. The molecule has 13 heavy (non-hydrogen) atoms. The zero-order valence-corrected chi connectivity index (χ0v) is 8.66. The highest BCUT2D eigenvalue weighted by atomic mass is 16.2. The Bertz CT molecular complexity index is 178. The fourth-order valence-corrected chi connectivity index (χ4v) is 0.896. The molecule has 0 saturated heterocycles. The lowest BCUT2D eigenvalue weighted by molar-refractivity contribution is 0.284. The van der Waals surface area contributed by atoms with Gasteiger partial charge in [-0.05, 0) is 13.3 Å². The maximum atomic E-state index is 8.20. The van der Waals surface area contributed by atoms with Gasteiger partial charge in [-0.2, -0.15) is 0 Å². The second kappa shape index (κ2) is 9.27. The van der Waals surface area contributed by atoms with E-state index in [1.165, 1.54) is 12.0 Å². The third-order valence-corrected chi connectivity index (χ3v) is 1.70. The molecule has 0 aliphatic carbocycles. The summed E-state index contributed by atoms with van der Waals surface area (Å²) in [5, 5.41) is 8.20. The SMILES string of the molecule is CCCCCO.Cc1ccccc1. The van der Waals surface area contributed by atoms with Crippen LogP contribution in [0.3, 0.4) is 0 Å².